The van der Waals surface area contributed by atoms with E-state index in [1.54, 1.807) is 28.0 Å². The van der Waals surface area contributed by atoms with Crippen LogP contribution in [0.2, 0.25) is 0 Å². The summed E-state index contributed by atoms with van der Waals surface area (Å²) in [5.41, 5.74) is 1.03. The molecular formula is C18H29N3O4S. The highest BCUT2D eigenvalue weighted by Crippen LogP contribution is 2.28. The van der Waals surface area contributed by atoms with Crippen LogP contribution in [0, 0.1) is 0 Å². The number of sulfone groups is 1. The van der Waals surface area contributed by atoms with Gasteiger partial charge in [-0.2, -0.15) is 0 Å². The van der Waals surface area contributed by atoms with Crippen molar-refractivity contribution in [3.8, 4) is 11.5 Å². The molecular weight excluding hydrogens is 354 g/mol. The van der Waals surface area contributed by atoms with Crippen molar-refractivity contribution in [3.63, 3.8) is 0 Å². The molecule has 0 atom stereocenters. The lowest BCUT2D eigenvalue weighted by Crippen LogP contribution is -2.57. The zero-order chi connectivity index (χ0) is 19.4. The van der Waals surface area contributed by atoms with Gasteiger partial charge < -0.3 is 19.7 Å². The van der Waals surface area contributed by atoms with Gasteiger partial charge in [0, 0.05) is 26.7 Å². The number of benzene rings is 1. The fourth-order valence-corrected chi connectivity index (χ4v) is 4.30. The normalized spacial score (nSPS) is 19.1. The Morgan fingerprint density at radius 1 is 1.35 bits per heavy atom. The molecule has 0 spiro atoms. The smallest absolute Gasteiger partial charge is 0.193 e. The van der Waals surface area contributed by atoms with E-state index < -0.39 is 14.6 Å². The van der Waals surface area contributed by atoms with Gasteiger partial charge in [0.2, 0.25) is 0 Å². The first-order valence-corrected chi connectivity index (χ1v) is 10.4. The van der Waals surface area contributed by atoms with Crippen LogP contribution in [0.15, 0.2) is 23.2 Å². The molecule has 1 N–H and O–H groups in total. The molecule has 7 nitrogen and oxygen atoms in total. The molecule has 0 amide bonds. The summed E-state index contributed by atoms with van der Waals surface area (Å²) in [6.07, 6.45) is 0. The monoisotopic (exact) mass is 383 g/mol. The number of hydrogen-bond donors (Lipinski definition) is 1. The second-order valence-electron chi connectivity index (χ2n) is 6.82. The summed E-state index contributed by atoms with van der Waals surface area (Å²) in [5.74, 6) is 2.23. The Hall–Kier alpha value is -1.96. The third-order valence-corrected chi connectivity index (χ3v) is 7.07. The highest BCUT2D eigenvalue weighted by Gasteiger charge is 2.40. The minimum atomic E-state index is -3.08. The molecule has 1 aliphatic heterocycles. The van der Waals surface area contributed by atoms with Gasteiger partial charge in [0.05, 0.1) is 24.2 Å². The van der Waals surface area contributed by atoms with Crippen LogP contribution in [-0.2, 0) is 16.4 Å². The summed E-state index contributed by atoms with van der Waals surface area (Å²) < 4.78 is 34.5. The van der Waals surface area contributed by atoms with Gasteiger partial charge in [-0.15, -0.1) is 0 Å². The average Bonchev–Trinajstić information content (AvgIpc) is 2.59. The lowest BCUT2D eigenvalue weighted by atomic mass is 10.2. The summed E-state index contributed by atoms with van der Waals surface area (Å²) in [6.45, 7) is 7.43. The SMILES string of the molecule is CCOc1cc(CNC(=NC)N2CCS(=O)(=O)C(C)(C)C2)ccc1OC. The Morgan fingerprint density at radius 2 is 2.08 bits per heavy atom. The van der Waals surface area contributed by atoms with Crippen molar-refractivity contribution in [1.82, 2.24) is 10.2 Å². The van der Waals surface area contributed by atoms with Gasteiger partial charge in [0.1, 0.15) is 0 Å². The molecule has 1 aliphatic rings. The molecule has 1 aromatic rings. The lowest BCUT2D eigenvalue weighted by Gasteiger charge is -2.39. The van der Waals surface area contributed by atoms with Crippen molar-refractivity contribution in [2.24, 2.45) is 4.99 Å². The third-order valence-electron chi connectivity index (χ3n) is 4.53. The highest BCUT2D eigenvalue weighted by molar-refractivity contribution is 7.92. The molecule has 2 rings (SSSR count). The molecule has 0 aliphatic carbocycles. The number of nitrogens with zero attached hydrogens (tertiary/aromatic N) is 2. The van der Waals surface area contributed by atoms with E-state index in [0.29, 0.717) is 43.7 Å². The summed E-state index contributed by atoms with van der Waals surface area (Å²) in [5, 5.41) is 3.31. The number of guanidine groups is 1. The number of aliphatic imine (C=N–C) groups is 1. The van der Waals surface area contributed by atoms with Crippen molar-refractivity contribution < 1.29 is 17.9 Å². The minimum Gasteiger partial charge on any atom is -0.493 e. The Labute approximate surface area is 156 Å². The van der Waals surface area contributed by atoms with Crippen LogP contribution in [0.4, 0.5) is 0 Å². The van der Waals surface area contributed by atoms with Crippen LogP contribution in [0.1, 0.15) is 26.3 Å². The van der Waals surface area contributed by atoms with E-state index in [-0.39, 0.29) is 5.75 Å². The van der Waals surface area contributed by atoms with E-state index in [9.17, 15) is 8.42 Å². The molecule has 1 saturated heterocycles. The fourth-order valence-electron chi connectivity index (χ4n) is 2.94. The van der Waals surface area contributed by atoms with Crippen LogP contribution in [0.25, 0.3) is 0 Å². The molecule has 1 heterocycles. The maximum atomic E-state index is 12.2. The molecule has 8 heteroatoms. The largest absolute Gasteiger partial charge is 0.493 e. The van der Waals surface area contributed by atoms with Gasteiger partial charge in [0.25, 0.3) is 0 Å². The van der Waals surface area contributed by atoms with Crippen molar-refractivity contribution in [2.75, 3.05) is 39.6 Å². The standard InChI is InChI=1S/C18H29N3O4S/c1-6-25-16-11-14(7-8-15(16)24-5)12-20-17(19-4)21-9-10-26(22,23)18(2,3)13-21/h7-8,11H,6,9-10,12-13H2,1-5H3,(H,19,20). The van der Waals surface area contributed by atoms with E-state index in [4.69, 9.17) is 9.47 Å². The summed E-state index contributed by atoms with van der Waals surface area (Å²) in [7, 11) is 0.244. The number of nitrogens with one attached hydrogen (secondary N) is 1. The number of hydrogen-bond acceptors (Lipinski definition) is 5. The second kappa shape index (κ2) is 8.16. The molecule has 26 heavy (non-hydrogen) atoms. The highest BCUT2D eigenvalue weighted by atomic mass is 32.2. The third kappa shape index (κ3) is 4.41. The molecule has 0 aromatic heterocycles. The quantitative estimate of drug-likeness (QED) is 0.616. The first-order chi connectivity index (χ1) is 12.2. The van der Waals surface area contributed by atoms with E-state index in [1.165, 1.54) is 0 Å². The zero-order valence-corrected chi connectivity index (χ0v) is 17.0. The maximum absolute atomic E-state index is 12.2. The minimum absolute atomic E-state index is 0.137. The van der Waals surface area contributed by atoms with Gasteiger partial charge in [-0.05, 0) is 38.5 Å². The first-order valence-electron chi connectivity index (χ1n) is 8.71. The molecule has 1 fully saturated rings. The van der Waals surface area contributed by atoms with Gasteiger partial charge in [-0.25, -0.2) is 8.42 Å². The van der Waals surface area contributed by atoms with Crippen molar-refractivity contribution in [3.05, 3.63) is 23.8 Å². The first kappa shape index (κ1) is 20.4. The molecule has 0 radical (unpaired) electrons. The van der Waals surface area contributed by atoms with Crippen molar-refractivity contribution >= 4 is 15.8 Å². The predicted octanol–water partition coefficient (Wildman–Crippen LogP) is 1.68. The average molecular weight is 384 g/mol. The summed E-state index contributed by atoms with van der Waals surface area (Å²) >= 11 is 0. The van der Waals surface area contributed by atoms with E-state index in [2.05, 4.69) is 10.3 Å². The van der Waals surface area contributed by atoms with E-state index >= 15 is 0 Å². The molecule has 1 aromatic carbocycles. The molecule has 146 valence electrons. The predicted molar refractivity (Wildman–Crippen MR) is 104 cm³/mol. The van der Waals surface area contributed by atoms with Gasteiger partial charge in [-0.3, -0.25) is 4.99 Å². The van der Waals surface area contributed by atoms with Gasteiger partial charge >= 0.3 is 0 Å². The fraction of sp³-hybridized carbons (Fsp3) is 0.611. The molecule has 0 saturated carbocycles. The summed E-state index contributed by atoms with van der Waals surface area (Å²) in [6, 6.07) is 5.78. The van der Waals surface area contributed by atoms with Crippen LogP contribution >= 0.6 is 0 Å². The molecule has 0 unspecified atom stereocenters. The zero-order valence-electron chi connectivity index (χ0n) is 16.2. The molecule has 0 bridgehead atoms. The maximum Gasteiger partial charge on any atom is 0.193 e. The Morgan fingerprint density at radius 3 is 2.65 bits per heavy atom. The number of rotatable bonds is 5. The lowest BCUT2D eigenvalue weighted by molar-refractivity contribution is 0.310. The van der Waals surface area contributed by atoms with Crippen molar-refractivity contribution in [2.45, 2.75) is 32.1 Å². The van der Waals surface area contributed by atoms with Crippen LogP contribution < -0.4 is 14.8 Å². The van der Waals surface area contributed by atoms with Crippen LogP contribution in [0.3, 0.4) is 0 Å². The Kier molecular flexibility index (Phi) is 6.39. The van der Waals surface area contributed by atoms with E-state index in [1.807, 2.05) is 30.0 Å². The topological polar surface area (TPSA) is 80.2 Å². The van der Waals surface area contributed by atoms with Crippen molar-refractivity contribution in [1.29, 1.82) is 0 Å². The van der Waals surface area contributed by atoms with Gasteiger partial charge in [-0.1, -0.05) is 6.07 Å². The Balaban J connectivity index is 2.07. The number of methoxy groups -OCH3 is 1. The van der Waals surface area contributed by atoms with E-state index in [0.717, 1.165) is 5.56 Å². The second-order valence-corrected chi connectivity index (χ2v) is 9.56. The number of ether oxygens (including phenoxy) is 2. The Bertz CT molecular complexity index is 760. The van der Waals surface area contributed by atoms with Crippen LogP contribution in [0.5, 0.6) is 11.5 Å². The summed E-state index contributed by atoms with van der Waals surface area (Å²) in [4.78, 5) is 6.31. The van der Waals surface area contributed by atoms with Crippen LogP contribution in [-0.4, -0.2) is 63.6 Å². The van der Waals surface area contributed by atoms with Gasteiger partial charge in [0.15, 0.2) is 27.3 Å².